The van der Waals surface area contributed by atoms with E-state index in [4.69, 9.17) is 50.0 Å². The van der Waals surface area contributed by atoms with E-state index < -0.39 is 30.1 Å². The van der Waals surface area contributed by atoms with E-state index >= 15 is 0 Å². The second-order valence-corrected chi connectivity index (χ2v) is 17.0. The summed E-state index contributed by atoms with van der Waals surface area (Å²) in [7, 11) is 0. The fourth-order valence-electron chi connectivity index (χ4n) is 9.91. The van der Waals surface area contributed by atoms with Gasteiger partial charge in [0.05, 0.1) is 50.5 Å². The second kappa shape index (κ2) is 23.1. The minimum absolute atomic E-state index is 0.0152. The molecule has 342 valence electrons. The molecule has 2 aliphatic heterocycles. The van der Waals surface area contributed by atoms with E-state index in [9.17, 15) is 20.1 Å². The second-order valence-electron chi connectivity index (χ2n) is 16.6. The largest absolute Gasteiger partial charge is 0.459 e. The summed E-state index contributed by atoms with van der Waals surface area (Å²) in [5.74, 6) is -0.207. The maximum atomic E-state index is 14.3. The summed E-state index contributed by atoms with van der Waals surface area (Å²) in [5.41, 5.74) is 2.48. The van der Waals surface area contributed by atoms with Gasteiger partial charge in [0.1, 0.15) is 29.9 Å². The lowest BCUT2D eigenvalue weighted by atomic mass is 9.55. The number of benzene rings is 3. The van der Waals surface area contributed by atoms with Gasteiger partial charge in [-0.1, -0.05) is 60.5 Å². The molecule has 1 amide bonds. The molecule has 4 aliphatic rings. The van der Waals surface area contributed by atoms with Gasteiger partial charge in [0, 0.05) is 44.1 Å². The molecule has 3 N–H and O–H groups in total. The first-order valence-electron chi connectivity index (χ1n) is 22.6. The van der Waals surface area contributed by atoms with Crippen molar-refractivity contribution in [3.63, 3.8) is 0 Å². The fraction of sp³-hybridized carbons (Fsp3) is 0.551. The standard InChI is InChI=1S/C49H63ClN2O11/c1-2-25-60-49-44(52(21-28-57-29-24-55)48(56)59-27-20-50)33-42(51-63-45-15-7-10-26-58-45)40-31-36(13-5-8-22-53)39(14-6-9-23-54)46(47(40)49)41-32-38(18-19-43(41)62-49)61-37-17-16-34-11-3-4-12-35(34)30-37/h2-4,11-12,16-19,30-32,36,39,44-47,53-55H,1,5-10,13-15,20-29,33H2/t36-,39+,44-,45?,46+,47+,49+/m0/s1. The van der Waals surface area contributed by atoms with E-state index in [2.05, 4.69) is 30.9 Å². The maximum Gasteiger partial charge on any atom is 0.410 e. The first kappa shape index (κ1) is 46.8. The molecular formula is C49H63ClN2O11. The number of hydrogen-bond donors (Lipinski definition) is 3. The van der Waals surface area contributed by atoms with Crippen LogP contribution < -0.4 is 9.47 Å². The van der Waals surface area contributed by atoms with Crippen molar-refractivity contribution in [3.05, 3.63) is 90.5 Å². The lowest BCUT2D eigenvalue weighted by molar-refractivity contribution is -0.256. The van der Waals surface area contributed by atoms with Crippen molar-refractivity contribution in [2.24, 2.45) is 22.9 Å². The van der Waals surface area contributed by atoms with Gasteiger partial charge in [0.2, 0.25) is 12.1 Å². The lowest BCUT2D eigenvalue weighted by Gasteiger charge is -2.59. The zero-order valence-corrected chi connectivity index (χ0v) is 36.9. The number of oxime groups is 1. The highest BCUT2D eigenvalue weighted by molar-refractivity contribution is 6.18. The molecule has 0 spiro atoms. The SMILES string of the molecule is C=CCO[C@@]12Oc3ccc(Oc4ccc5ccccc5c4)cc3[C@H]3[C@H](CCCCO)[C@@H](CCCCO)C=C(C(=NOC4CCCCO4)C[C@@H]1N(CCOCCO)C(=O)OCCCl)[C@H]32. The van der Waals surface area contributed by atoms with Crippen LogP contribution in [0, 0.1) is 17.8 Å². The molecule has 0 aromatic heterocycles. The molecule has 0 radical (unpaired) electrons. The number of unbranched alkanes of at least 4 members (excludes halogenated alkanes) is 2. The van der Waals surface area contributed by atoms with Gasteiger partial charge in [-0.3, -0.25) is 4.90 Å². The minimum Gasteiger partial charge on any atom is -0.459 e. The van der Waals surface area contributed by atoms with Gasteiger partial charge >= 0.3 is 6.09 Å². The molecule has 7 rings (SSSR count). The topological polar surface area (TPSA) is 158 Å². The van der Waals surface area contributed by atoms with Crippen molar-refractivity contribution in [2.45, 2.75) is 88.2 Å². The number of alkyl halides is 1. The average molecular weight is 891 g/mol. The molecule has 2 heterocycles. The van der Waals surface area contributed by atoms with Crippen molar-refractivity contribution in [1.29, 1.82) is 0 Å². The van der Waals surface area contributed by atoms with Crippen LogP contribution in [0.3, 0.4) is 0 Å². The molecule has 0 bridgehead atoms. The van der Waals surface area contributed by atoms with Crippen molar-refractivity contribution < 1.29 is 53.4 Å². The number of allylic oxidation sites excluding steroid dienone is 1. The molecule has 1 saturated carbocycles. The van der Waals surface area contributed by atoms with Gasteiger partial charge in [0.15, 0.2) is 0 Å². The molecule has 7 atom stereocenters. The van der Waals surface area contributed by atoms with Crippen molar-refractivity contribution >= 4 is 34.2 Å². The number of carbonyl (C=O) groups is 1. The summed E-state index contributed by atoms with van der Waals surface area (Å²) < 4.78 is 38.5. The van der Waals surface area contributed by atoms with Gasteiger partial charge in [-0.15, -0.1) is 18.2 Å². The van der Waals surface area contributed by atoms with Gasteiger partial charge in [-0.25, -0.2) is 4.79 Å². The first-order chi connectivity index (χ1) is 30.9. The summed E-state index contributed by atoms with van der Waals surface area (Å²) in [5, 5.41) is 36.6. The number of aliphatic hydroxyl groups excluding tert-OH is 3. The summed E-state index contributed by atoms with van der Waals surface area (Å²) in [6.45, 7) is 4.95. The Kier molecular flexibility index (Phi) is 17.2. The Morgan fingerprint density at radius 2 is 1.73 bits per heavy atom. The minimum atomic E-state index is -1.50. The molecule has 63 heavy (non-hydrogen) atoms. The number of hydrogen-bond acceptors (Lipinski definition) is 12. The Bertz CT molecular complexity index is 2020. The number of rotatable bonds is 23. The van der Waals surface area contributed by atoms with Gasteiger partial charge in [-0.05, 0) is 97.0 Å². The van der Waals surface area contributed by atoms with E-state index in [0.717, 1.165) is 60.4 Å². The van der Waals surface area contributed by atoms with Gasteiger partial charge in [-0.2, -0.15) is 0 Å². The zero-order chi connectivity index (χ0) is 44.0. The Labute approximate surface area is 375 Å². The number of ether oxygens (including phenoxy) is 6. The number of carbonyl (C=O) groups excluding carboxylic acids is 1. The molecule has 3 aromatic carbocycles. The zero-order valence-electron chi connectivity index (χ0n) is 36.1. The Hall–Kier alpha value is -4.21. The molecule has 1 saturated heterocycles. The maximum absolute atomic E-state index is 14.3. The molecule has 2 fully saturated rings. The van der Waals surface area contributed by atoms with Crippen LogP contribution in [-0.4, -0.2) is 115 Å². The van der Waals surface area contributed by atoms with E-state index in [-0.39, 0.29) is 82.8 Å². The Morgan fingerprint density at radius 1 is 0.937 bits per heavy atom. The predicted octanol–water partition coefficient (Wildman–Crippen LogP) is 8.48. The number of amides is 1. The first-order valence-corrected chi connectivity index (χ1v) is 23.2. The van der Waals surface area contributed by atoms with Gasteiger partial charge < -0.3 is 48.6 Å². The quantitative estimate of drug-likeness (QED) is 0.0363. The Balaban J connectivity index is 1.42. The fourth-order valence-corrected chi connectivity index (χ4v) is 9.99. The third-order valence-electron chi connectivity index (χ3n) is 12.6. The van der Waals surface area contributed by atoms with Crippen molar-refractivity contribution in [2.75, 3.05) is 65.3 Å². The normalized spacial score (nSPS) is 25.7. The van der Waals surface area contributed by atoms with E-state index in [1.165, 1.54) is 0 Å². The summed E-state index contributed by atoms with van der Waals surface area (Å²) in [6.07, 6.45) is 10.1. The van der Waals surface area contributed by atoms with Crippen molar-refractivity contribution in [3.8, 4) is 17.2 Å². The van der Waals surface area contributed by atoms with Crippen LogP contribution in [0.15, 0.2) is 90.1 Å². The van der Waals surface area contributed by atoms with Gasteiger partial charge in [0.25, 0.3) is 0 Å². The molecular weight excluding hydrogens is 828 g/mol. The monoisotopic (exact) mass is 890 g/mol. The van der Waals surface area contributed by atoms with E-state index in [1.807, 2.05) is 42.5 Å². The van der Waals surface area contributed by atoms with E-state index in [0.29, 0.717) is 48.8 Å². The summed E-state index contributed by atoms with van der Waals surface area (Å²) >= 11 is 6.06. The summed E-state index contributed by atoms with van der Waals surface area (Å²) in [6, 6.07) is 19.3. The molecule has 13 nitrogen and oxygen atoms in total. The summed E-state index contributed by atoms with van der Waals surface area (Å²) in [4.78, 5) is 22.2. The van der Waals surface area contributed by atoms with Crippen LogP contribution in [0.5, 0.6) is 17.2 Å². The third kappa shape index (κ3) is 11.0. The molecule has 1 unspecified atom stereocenters. The average Bonchev–Trinajstić information content (AvgIpc) is 3.31. The molecule has 3 aromatic rings. The van der Waals surface area contributed by atoms with E-state index in [1.54, 1.807) is 11.0 Å². The number of halogens is 1. The van der Waals surface area contributed by atoms with Crippen molar-refractivity contribution in [1.82, 2.24) is 4.90 Å². The number of nitrogens with zero attached hydrogens (tertiary/aromatic N) is 2. The number of aliphatic hydroxyl groups is 3. The molecule has 2 aliphatic carbocycles. The van der Waals surface area contributed by atoms with Crippen LogP contribution in [0.4, 0.5) is 4.79 Å². The smallest absolute Gasteiger partial charge is 0.410 e. The third-order valence-corrected chi connectivity index (χ3v) is 12.8. The van der Waals surface area contributed by atoms with Crippen LogP contribution in [0.1, 0.15) is 75.7 Å². The van der Waals surface area contributed by atoms with Crippen LogP contribution in [0.2, 0.25) is 0 Å². The highest BCUT2D eigenvalue weighted by Gasteiger charge is 2.65. The molecule has 14 heteroatoms. The van der Waals surface area contributed by atoms with Crippen LogP contribution in [0.25, 0.3) is 10.8 Å². The predicted molar refractivity (Wildman–Crippen MR) is 240 cm³/mol. The highest BCUT2D eigenvalue weighted by Crippen LogP contribution is 2.62. The Morgan fingerprint density at radius 3 is 2.49 bits per heavy atom. The van der Waals surface area contributed by atoms with Crippen LogP contribution >= 0.6 is 11.6 Å². The van der Waals surface area contributed by atoms with Crippen LogP contribution in [-0.2, 0) is 23.8 Å². The highest BCUT2D eigenvalue weighted by atomic mass is 35.5. The number of fused-ring (bicyclic) bond motifs is 3. The lowest BCUT2D eigenvalue weighted by Crippen LogP contribution is -2.70.